The van der Waals surface area contributed by atoms with Crippen LogP contribution in [0.3, 0.4) is 0 Å². The molecule has 4 fully saturated rings. The summed E-state index contributed by atoms with van der Waals surface area (Å²) in [4.78, 5) is 26.0. The Morgan fingerprint density at radius 1 is 0.696 bits per heavy atom. The van der Waals surface area contributed by atoms with Gasteiger partial charge in [-0.25, -0.2) is 23.5 Å². The first-order valence-corrected chi connectivity index (χ1v) is 8.49. The number of fused-ring (bicyclic) bond motifs is 1. The Bertz CT molecular complexity index is 967. The summed E-state index contributed by atoms with van der Waals surface area (Å²) in [5, 5.41) is 0. The first kappa shape index (κ1) is 11.3. The molecule has 0 spiro atoms. The van der Waals surface area contributed by atoms with Gasteiger partial charge < -0.3 is 0 Å². The maximum absolute atomic E-state index is 13.0. The second-order valence-corrected chi connectivity index (χ2v) is 7.76. The zero-order valence-electron chi connectivity index (χ0n) is 12.3. The zero-order chi connectivity index (χ0) is 15.0. The van der Waals surface area contributed by atoms with Crippen molar-refractivity contribution in [2.24, 2.45) is 35.5 Å². The van der Waals surface area contributed by atoms with Gasteiger partial charge >= 0.3 is 11.4 Å². The fourth-order valence-electron chi connectivity index (χ4n) is 7.11. The molecule has 0 radical (unpaired) electrons. The molecule has 8 atom stereocenters. The smallest absolute Gasteiger partial charge is 0.245 e. The second-order valence-electron chi connectivity index (χ2n) is 7.76. The van der Waals surface area contributed by atoms with Crippen LogP contribution >= 0.6 is 0 Å². The van der Waals surface area contributed by atoms with Gasteiger partial charge in [-0.05, 0) is 41.7 Å². The molecule has 114 valence electrons. The average Bonchev–Trinajstić information content (AvgIpc) is 3.36. The van der Waals surface area contributed by atoms with Crippen LogP contribution in [0.15, 0.2) is 52.1 Å². The van der Waals surface area contributed by atoms with Gasteiger partial charge in [-0.2, -0.15) is 0 Å². The molecule has 5 heteroatoms. The lowest BCUT2D eigenvalue weighted by Crippen LogP contribution is -2.38. The first-order chi connectivity index (χ1) is 11.3. The molecule has 4 saturated carbocycles. The van der Waals surface area contributed by atoms with E-state index in [1.807, 2.05) is 39.7 Å². The van der Waals surface area contributed by atoms with Crippen LogP contribution in [0.4, 0.5) is 0 Å². The highest BCUT2D eigenvalue weighted by molar-refractivity contribution is 5.36. The molecular weight excluding hydrogens is 290 g/mol. The third-order valence-electron chi connectivity index (χ3n) is 7.39. The van der Waals surface area contributed by atoms with E-state index in [0.717, 1.165) is 0 Å². The van der Waals surface area contributed by atoms with Gasteiger partial charge in [0.15, 0.2) is 0 Å². The number of para-hydroxylation sites is 1. The SMILES string of the molecule is O=c1n(-c2ccccc2)c(=O)n2n1[C@@H]1C3C4[C@H]5C=C[C@H]4[C@@H]([C@H]51)[C@H]32. The lowest BCUT2D eigenvalue weighted by molar-refractivity contribution is 0.176. The normalized spacial score (nSPS) is 45.6. The van der Waals surface area contributed by atoms with Crippen LogP contribution in [0.1, 0.15) is 12.1 Å². The first-order valence-electron chi connectivity index (χ1n) is 8.49. The van der Waals surface area contributed by atoms with Crippen molar-refractivity contribution < 1.29 is 0 Å². The van der Waals surface area contributed by atoms with Gasteiger partial charge in [0.1, 0.15) is 0 Å². The predicted octanol–water partition coefficient (Wildman–Crippen LogP) is 1.20. The van der Waals surface area contributed by atoms with Crippen molar-refractivity contribution in [1.29, 1.82) is 0 Å². The summed E-state index contributed by atoms with van der Waals surface area (Å²) in [6.07, 6.45) is 4.76. The standard InChI is InChI=1S/C18H15N3O2/c22-17-19(8-4-2-1-3-5-8)18(23)21-16-13-10-7-6-9-11(10)14(16)15(12(9)13)20(17)21/h1-7,9-16H/t9-,10-,11?,12+,13+,14?,15-,16+/m1/s1. The van der Waals surface area contributed by atoms with Gasteiger partial charge in [-0.15, -0.1) is 0 Å². The van der Waals surface area contributed by atoms with E-state index in [0.29, 0.717) is 41.2 Å². The Labute approximate surface area is 131 Å². The van der Waals surface area contributed by atoms with Gasteiger partial charge in [0.25, 0.3) is 0 Å². The van der Waals surface area contributed by atoms with Crippen LogP contribution in [-0.4, -0.2) is 13.9 Å². The summed E-state index contributed by atoms with van der Waals surface area (Å²) in [5.41, 5.74) is 0.381. The van der Waals surface area contributed by atoms with Crippen LogP contribution < -0.4 is 11.4 Å². The van der Waals surface area contributed by atoms with Crippen molar-refractivity contribution in [3.63, 3.8) is 0 Å². The molecule has 8 rings (SSSR count). The van der Waals surface area contributed by atoms with Crippen LogP contribution in [0.25, 0.3) is 5.69 Å². The molecule has 0 amide bonds. The second kappa shape index (κ2) is 3.16. The van der Waals surface area contributed by atoms with Crippen LogP contribution in [-0.2, 0) is 0 Å². The summed E-state index contributed by atoms with van der Waals surface area (Å²) in [5.74, 6) is 3.71. The Morgan fingerprint density at radius 2 is 1.26 bits per heavy atom. The lowest BCUT2D eigenvalue weighted by Gasteiger charge is -2.32. The number of benzene rings is 1. The fourth-order valence-corrected chi connectivity index (χ4v) is 7.11. The molecule has 1 aliphatic heterocycles. The molecule has 5 nitrogen and oxygen atoms in total. The van der Waals surface area contributed by atoms with Crippen LogP contribution in [0.5, 0.6) is 0 Å². The van der Waals surface area contributed by atoms with Gasteiger partial charge in [0.2, 0.25) is 0 Å². The highest BCUT2D eigenvalue weighted by atomic mass is 16.2. The maximum Gasteiger partial charge on any atom is 0.352 e. The van der Waals surface area contributed by atoms with E-state index in [9.17, 15) is 9.59 Å². The highest BCUT2D eigenvalue weighted by Crippen LogP contribution is 2.80. The Kier molecular flexibility index (Phi) is 1.55. The van der Waals surface area contributed by atoms with E-state index in [-0.39, 0.29) is 23.5 Å². The van der Waals surface area contributed by atoms with Crippen molar-refractivity contribution in [1.82, 2.24) is 13.9 Å². The molecule has 6 aliphatic rings. The largest absolute Gasteiger partial charge is 0.352 e. The summed E-state index contributed by atoms with van der Waals surface area (Å²) in [6.45, 7) is 0. The number of rotatable bonds is 1. The van der Waals surface area contributed by atoms with E-state index in [1.165, 1.54) is 4.57 Å². The molecular formula is C18H15N3O2. The molecule has 23 heavy (non-hydrogen) atoms. The monoisotopic (exact) mass is 305 g/mol. The minimum Gasteiger partial charge on any atom is -0.245 e. The van der Waals surface area contributed by atoms with Gasteiger partial charge in [0, 0.05) is 5.92 Å². The average molecular weight is 305 g/mol. The molecule has 2 heterocycles. The number of hydrogen-bond donors (Lipinski definition) is 0. The number of nitrogens with zero attached hydrogens (tertiary/aromatic N) is 3. The van der Waals surface area contributed by atoms with E-state index in [4.69, 9.17) is 0 Å². The van der Waals surface area contributed by atoms with E-state index < -0.39 is 0 Å². The molecule has 0 saturated heterocycles. The van der Waals surface area contributed by atoms with Gasteiger partial charge in [-0.1, -0.05) is 30.4 Å². The molecule has 8 bridgehead atoms. The van der Waals surface area contributed by atoms with Crippen molar-refractivity contribution in [3.05, 3.63) is 63.5 Å². The Morgan fingerprint density at radius 3 is 1.83 bits per heavy atom. The summed E-state index contributed by atoms with van der Waals surface area (Å²) in [7, 11) is 0. The van der Waals surface area contributed by atoms with Crippen molar-refractivity contribution in [2.75, 3.05) is 0 Å². The van der Waals surface area contributed by atoms with Gasteiger partial charge in [0.05, 0.1) is 17.8 Å². The third-order valence-corrected chi connectivity index (χ3v) is 7.39. The highest BCUT2D eigenvalue weighted by Gasteiger charge is 2.79. The number of hydrogen-bond acceptors (Lipinski definition) is 2. The Hall–Kier alpha value is -2.30. The summed E-state index contributed by atoms with van der Waals surface area (Å²) < 4.78 is 4.99. The predicted molar refractivity (Wildman–Crippen MR) is 82.4 cm³/mol. The molecule has 0 N–H and O–H groups in total. The summed E-state index contributed by atoms with van der Waals surface area (Å²) >= 11 is 0. The van der Waals surface area contributed by atoms with Crippen LogP contribution in [0, 0.1) is 35.5 Å². The van der Waals surface area contributed by atoms with Crippen LogP contribution in [0.2, 0.25) is 0 Å². The molecule has 2 aromatic rings. The molecule has 5 aliphatic carbocycles. The fraction of sp³-hybridized carbons (Fsp3) is 0.444. The minimum atomic E-state index is -0.149. The van der Waals surface area contributed by atoms with Gasteiger partial charge in [-0.3, -0.25) is 0 Å². The Balaban J connectivity index is 1.53. The molecule has 1 aromatic carbocycles. The number of aromatic nitrogens is 3. The third kappa shape index (κ3) is 0.902. The lowest BCUT2D eigenvalue weighted by atomic mass is 9.82. The summed E-state index contributed by atoms with van der Waals surface area (Å²) in [6, 6.07) is 9.82. The quantitative estimate of drug-likeness (QED) is 0.744. The van der Waals surface area contributed by atoms with Crippen molar-refractivity contribution in [2.45, 2.75) is 12.1 Å². The molecule has 2 unspecified atom stereocenters. The minimum absolute atomic E-state index is 0.149. The maximum atomic E-state index is 13.0. The van der Waals surface area contributed by atoms with E-state index >= 15 is 0 Å². The van der Waals surface area contributed by atoms with Crippen molar-refractivity contribution >= 4 is 0 Å². The van der Waals surface area contributed by atoms with Crippen molar-refractivity contribution in [3.8, 4) is 5.69 Å². The zero-order valence-corrected chi connectivity index (χ0v) is 12.3. The van der Waals surface area contributed by atoms with E-state index in [1.54, 1.807) is 0 Å². The topological polar surface area (TPSA) is 48.9 Å². The molecule has 1 aromatic heterocycles. The van der Waals surface area contributed by atoms with E-state index in [2.05, 4.69) is 12.2 Å². The number of allylic oxidation sites excluding steroid dienone is 2.